The van der Waals surface area contributed by atoms with E-state index in [0.29, 0.717) is 23.0 Å². The Bertz CT molecular complexity index is 2360. The van der Waals surface area contributed by atoms with Gasteiger partial charge in [-0.15, -0.1) is 0 Å². The van der Waals surface area contributed by atoms with Gasteiger partial charge < -0.3 is 0 Å². The highest BCUT2D eigenvalue weighted by atomic mass is 15.0. The van der Waals surface area contributed by atoms with Gasteiger partial charge in [-0.2, -0.15) is 5.26 Å². The normalized spacial score (nSPS) is 10.9. The van der Waals surface area contributed by atoms with Gasteiger partial charge in [0.2, 0.25) is 0 Å². The largest absolute Gasteiger partial charge is 0.256 e. The molecule has 0 spiro atoms. The molecule has 0 aliphatic rings. The molecule has 2 aromatic heterocycles. The van der Waals surface area contributed by atoms with Gasteiger partial charge in [-0.05, 0) is 40.5 Å². The SMILES string of the molecule is N#Cc1ccc(-c2ccc(-c3c(-c4ccc(-c5nc(-c6ccccc6)nc(-c6ccccc6)n5)cc4)cnc4ccccc34)cc2)cc1. The van der Waals surface area contributed by atoms with E-state index in [0.717, 1.165) is 61.0 Å². The molecule has 6 aromatic carbocycles. The lowest BCUT2D eigenvalue weighted by Gasteiger charge is -2.15. The van der Waals surface area contributed by atoms with Crippen molar-refractivity contribution in [3.8, 4) is 73.6 Å². The van der Waals surface area contributed by atoms with Crippen molar-refractivity contribution in [3.63, 3.8) is 0 Å². The molecule has 0 bridgehead atoms. The summed E-state index contributed by atoms with van der Waals surface area (Å²) in [5.74, 6) is 1.88. The summed E-state index contributed by atoms with van der Waals surface area (Å²) in [6.07, 6.45) is 1.96. The summed E-state index contributed by atoms with van der Waals surface area (Å²) in [7, 11) is 0. The molecule has 0 N–H and O–H groups in total. The van der Waals surface area contributed by atoms with Crippen LogP contribution in [0.2, 0.25) is 0 Å². The van der Waals surface area contributed by atoms with E-state index in [-0.39, 0.29) is 0 Å². The molecule has 0 saturated heterocycles. The number of hydrogen-bond donors (Lipinski definition) is 0. The second-order valence-corrected chi connectivity index (χ2v) is 11.4. The maximum absolute atomic E-state index is 9.19. The molecule has 0 fully saturated rings. The zero-order valence-corrected chi connectivity index (χ0v) is 25.8. The number of para-hydroxylation sites is 1. The third kappa shape index (κ3) is 5.60. The van der Waals surface area contributed by atoms with Crippen molar-refractivity contribution < 1.29 is 0 Å². The first-order chi connectivity index (χ1) is 23.7. The Morgan fingerprint density at radius 1 is 0.396 bits per heavy atom. The first kappa shape index (κ1) is 28.7. The molecule has 48 heavy (non-hydrogen) atoms. The monoisotopic (exact) mass is 613 g/mol. The molecular weight excluding hydrogens is 587 g/mol. The van der Waals surface area contributed by atoms with E-state index in [9.17, 15) is 5.26 Å². The maximum atomic E-state index is 9.19. The van der Waals surface area contributed by atoms with Gasteiger partial charge in [-0.25, -0.2) is 15.0 Å². The van der Waals surface area contributed by atoms with Gasteiger partial charge in [0.05, 0.1) is 17.1 Å². The molecule has 8 rings (SSSR count). The number of nitriles is 1. The van der Waals surface area contributed by atoms with Gasteiger partial charge in [0.15, 0.2) is 17.5 Å². The predicted octanol–water partition coefficient (Wildman–Crippen LogP) is 10.3. The lowest BCUT2D eigenvalue weighted by atomic mass is 9.91. The summed E-state index contributed by atoms with van der Waals surface area (Å²) in [6, 6.07) is 55.1. The first-order valence-corrected chi connectivity index (χ1v) is 15.7. The molecular formula is C43H27N5. The molecule has 0 aliphatic heterocycles. The van der Waals surface area contributed by atoms with Gasteiger partial charge in [0.1, 0.15) is 0 Å². The molecule has 0 saturated carbocycles. The molecule has 0 atom stereocenters. The Balaban J connectivity index is 1.20. The number of aromatic nitrogens is 4. The van der Waals surface area contributed by atoms with Crippen LogP contribution in [0.3, 0.4) is 0 Å². The highest BCUT2D eigenvalue weighted by Gasteiger charge is 2.16. The fourth-order valence-corrected chi connectivity index (χ4v) is 5.97. The Labute approximate surface area is 278 Å². The van der Waals surface area contributed by atoms with Crippen molar-refractivity contribution in [2.75, 3.05) is 0 Å². The lowest BCUT2D eigenvalue weighted by molar-refractivity contribution is 1.07. The van der Waals surface area contributed by atoms with Crippen LogP contribution in [0.15, 0.2) is 164 Å². The van der Waals surface area contributed by atoms with Crippen molar-refractivity contribution in [2.24, 2.45) is 0 Å². The number of rotatable bonds is 6. The van der Waals surface area contributed by atoms with Crippen molar-refractivity contribution >= 4 is 10.9 Å². The molecule has 0 unspecified atom stereocenters. The topological polar surface area (TPSA) is 75.3 Å². The quantitative estimate of drug-likeness (QED) is 0.187. The van der Waals surface area contributed by atoms with Crippen LogP contribution in [-0.4, -0.2) is 19.9 Å². The Hall–Kier alpha value is -6.77. The van der Waals surface area contributed by atoms with E-state index < -0.39 is 0 Å². The molecule has 2 heterocycles. The number of fused-ring (bicyclic) bond motifs is 1. The summed E-state index contributed by atoms with van der Waals surface area (Å²) in [4.78, 5) is 19.5. The Morgan fingerprint density at radius 3 is 1.40 bits per heavy atom. The Morgan fingerprint density at radius 2 is 0.833 bits per heavy atom. The summed E-state index contributed by atoms with van der Waals surface area (Å²) < 4.78 is 0. The summed E-state index contributed by atoms with van der Waals surface area (Å²) >= 11 is 0. The van der Waals surface area contributed by atoms with Crippen LogP contribution in [0.1, 0.15) is 5.56 Å². The van der Waals surface area contributed by atoms with Gasteiger partial charge in [0.25, 0.3) is 0 Å². The molecule has 0 aliphatic carbocycles. The van der Waals surface area contributed by atoms with E-state index in [2.05, 4.69) is 66.7 Å². The zero-order chi connectivity index (χ0) is 32.3. The first-order valence-electron chi connectivity index (χ1n) is 15.7. The number of benzene rings is 6. The van der Waals surface area contributed by atoms with E-state index in [4.69, 9.17) is 19.9 Å². The third-order valence-electron chi connectivity index (χ3n) is 8.45. The maximum Gasteiger partial charge on any atom is 0.164 e. The smallest absolute Gasteiger partial charge is 0.164 e. The molecule has 8 aromatic rings. The molecule has 224 valence electrons. The Kier molecular flexibility index (Phi) is 7.50. The minimum atomic E-state index is 0.615. The zero-order valence-electron chi connectivity index (χ0n) is 25.8. The van der Waals surface area contributed by atoms with E-state index >= 15 is 0 Å². The van der Waals surface area contributed by atoms with E-state index in [1.807, 2.05) is 103 Å². The molecule has 0 amide bonds. The van der Waals surface area contributed by atoms with Crippen molar-refractivity contribution in [2.45, 2.75) is 0 Å². The van der Waals surface area contributed by atoms with Crippen LogP contribution in [0.4, 0.5) is 0 Å². The van der Waals surface area contributed by atoms with Crippen LogP contribution in [0.5, 0.6) is 0 Å². The average molecular weight is 614 g/mol. The minimum Gasteiger partial charge on any atom is -0.256 e. The molecule has 5 nitrogen and oxygen atoms in total. The van der Waals surface area contributed by atoms with Crippen molar-refractivity contribution in [3.05, 3.63) is 169 Å². The van der Waals surface area contributed by atoms with Gasteiger partial charge in [-0.3, -0.25) is 4.98 Å². The minimum absolute atomic E-state index is 0.615. The second kappa shape index (κ2) is 12.6. The van der Waals surface area contributed by atoms with Crippen molar-refractivity contribution in [1.29, 1.82) is 5.26 Å². The van der Waals surface area contributed by atoms with Crippen molar-refractivity contribution in [1.82, 2.24) is 19.9 Å². The third-order valence-corrected chi connectivity index (χ3v) is 8.45. The fraction of sp³-hybridized carbons (Fsp3) is 0. The summed E-state index contributed by atoms with van der Waals surface area (Å²) in [5, 5.41) is 10.3. The van der Waals surface area contributed by atoms with E-state index in [1.54, 1.807) is 0 Å². The lowest BCUT2D eigenvalue weighted by Crippen LogP contribution is -2.00. The van der Waals surface area contributed by atoms with Crippen LogP contribution < -0.4 is 0 Å². The number of nitrogens with zero attached hydrogens (tertiary/aromatic N) is 5. The number of pyridine rings is 1. The highest BCUT2D eigenvalue weighted by Crippen LogP contribution is 2.38. The van der Waals surface area contributed by atoms with Crippen LogP contribution in [0.25, 0.3) is 78.4 Å². The highest BCUT2D eigenvalue weighted by molar-refractivity contribution is 6.02. The van der Waals surface area contributed by atoms with E-state index in [1.165, 1.54) is 0 Å². The molecule has 0 radical (unpaired) electrons. The fourth-order valence-electron chi connectivity index (χ4n) is 5.97. The average Bonchev–Trinajstić information content (AvgIpc) is 3.18. The van der Waals surface area contributed by atoms with Crippen LogP contribution >= 0.6 is 0 Å². The van der Waals surface area contributed by atoms with Crippen LogP contribution in [0, 0.1) is 11.3 Å². The summed E-state index contributed by atoms with van der Waals surface area (Å²) in [6.45, 7) is 0. The summed E-state index contributed by atoms with van der Waals surface area (Å²) in [5.41, 5.74) is 10.8. The van der Waals surface area contributed by atoms with Crippen LogP contribution in [-0.2, 0) is 0 Å². The van der Waals surface area contributed by atoms with Gasteiger partial charge in [-0.1, -0.05) is 140 Å². The van der Waals surface area contributed by atoms with Gasteiger partial charge >= 0.3 is 0 Å². The standard InChI is InChI=1S/C43H27N5/c44-27-29-15-17-30(18-16-29)31-19-23-33(24-20-31)40-37-13-7-8-14-39(37)45-28-38(40)32-21-25-36(26-22-32)43-47-41(34-9-3-1-4-10-34)46-42(48-43)35-11-5-2-6-12-35/h1-26,28H. The van der Waals surface area contributed by atoms with Gasteiger partial charge in [0, 0.05) is 39.4 Å². The molecule has 5 heteroatoms. The second-order valence-electron chi connectivity index (χ2n) is 11.4. The number of hydrogen-bond acceptors (Lipinski definition) is 5. The predicted molar refractivity (Wildman–Crippen MR) is 192 cm³/mol.